The number of benzene rings is 1. The summed E-state index contributed by atoms with van der Waals surface area (Å²) in [6, 6.07) is 11.4. The molecule has 1 aromatic carbocycles. The average Bonchev–Trinajstić information content (AvgIpc) is 3.13. The summed E-state index contributed by atoms with van der Waals surface area (Å²) in [5.74, 6) is 0.767. The fourth-order valence-corrected chi connectivity index (χ4v) is 4.54. The summed E-state index contributed by atoms with van der Waals surface area (Å²) in [5.41, 5.74) is 0.699. The zero-order chi connectivity index (χ0) is 16.5. The van der Waals surface area contributed by atoms with Crippen LogP contribution in [0.2, 0.25) is 5.22 Å². The molecule has 2 aliphatic rings. The van der Waals surface area contributed by atoms with Gasteiger partial charge in [0.25, 0.3) is 5.91 Å². The molecule has 3 atom stereocenters. The Bertz CT molecular complexity index is 719. The number of nitrogens with zero attached hydrogens (tertiary/aromatic N) is 1. The van der Waals surface area contributed by atoms with Gasteiger partial charge in [0.05, 0.1) is 0 Å². The Balaban J connectivity index is 1.36. The monoisotopic (exact) mass is 362 g/mol. The first-order valence-electron chi connectivity index (χ1n) is 8.22. The number of carbonyl (C=O) groups excluding carboxylic acids is 1. The molecule has 2 fully saturated rings. The van der Waals surface area contributed by atoms with Crippen LogP contribution in [0.3, 0.4) is 0 Å². The van der Waals surface area contributed by atoms with Crippen molar-refractivity contribution in [3.63, 3.8) is 0 Å². The number of nitrogens with one attached hydrogen (secondary N) is 1. The zero-order valence-electron chi connectivity index (χ0n) is 13.2. The van der Waals surface area contributed by atoms with Crippen LogP contribution in [0.1, 0.15) is 23.2 Å². The van der Waals surface area contributed by atoms with Crippen LogP contribution in [0.5, 0.6) is 0 Å². The van der Waals surface area contributed by atoms with Crippen LogP contribution in [0.25, 0.3) is 0 Å². The van der Waals surface area contributed by atoms with Gasteiger partial charge in [-0.15, -0.1) is 0 Å². The van der Waals surface area contributed by atoms with E-state index in [1.165, 1.54) is 31.3 Å². The smallest absolute Gasteiger partial charge is 0.251 e. The van der Waals surface area contributed by atoms with E-state index in [0.29, 0.717) is 10.8 Å². The predicted molar refractivity (Wildman–Crippen MR) is 94.7 cm³/mol. The molecular weight excluding hydrogens is 344 g/mol. The predicted octanol–water partition coefficient (Wildman–Crippen LogP) is 3.91. The Morgan fingerprint density at radius 2 is 2.04 bits per heavy atom. The number of furan rings is 1. The van der Waals surface area contributed by atoms with Crippen molar-refractivity contribution < 1.29 is 9.21 Å². The Morgan fingerprint density at radius 1 is 1.21 bits per heavy atom. The number of hydrogen-bond acceptors (Lipinski definition) is 4. The largest absolute Gasteiger partial charge is 0.438 e. The highest BCUT2D eigenvalue weighted by molar-refractivity contribution is 7.99. The summed E-state index contributed by atoms with van der Waals surface area (Å²) in [6.45, 7) is 3.37. The van der Waals surface area contributed by atoms with E-state index >= 15 is 0 Å². The Hall–Kier alpha value is -1.43. The molecule has 3 heterocycles. The van der Waals surface area contributed by atoms with Crippen LogP contribution < -0.4 is 5.32 Å². The molecule has 0 aliphatic carbocycles. The van der Waals surface area contributed by atoms with Gasteiger partial charge in [0.15, 0.2) is 10.3 Å². The van der Waals surface area contributed by atoms with E-state index in [1.54, 1.807) is 6.07 Å². The van der Waals surface area contributed by atoms with Crippen LogP contribution in [0.15, 0.2) is 50.8 Å². The van der Waals surface area contributed by atoms with E-state index in [1.807, 2.05) is 30.3 Å². The average molecular weight is 363 g/mol. The second-order valence-corrected chi connectivity index (χ2v) is 7.96. The summed E-state index contributed by atoms with van der Waals surface area (Å²) in [6.07, 6.45) is 2.38. The lowest BCUT2D eigenvalue weighted by molar-refractivity contribution is 0.0909. The minimum Gasteiger partial charge on any atom is -0.438 e. The molecule has 1 amide bonds. The summed E-state index contributed by atoms with van der Waals surface area (Å²) < 4.78 is 5.34. The second-order valence-electron chi connectivity index (χ2n) is 6.51. The first-order valence-corrected chi connectivity index (χ1v) is 9.41. The molecule has 6 heteroatoms. The van der Waals surface area contributed by atoms with Crippen molar-refractivity contribution in [3.05, 3.63) is 47.2 Å². The van der Waals surface area contributed by atoms with E-state index in [4.69, 9.17) is 16.0 Å². The number of rotatable bonds is 4. The molecule has 1 aromatic heterocycles. The van der Waals surface area contributed by atoms with Crippen molar-refractivity contribution in [2.75, 3.05) is 19.6 Å². The molecule has 0 radical (unpaired) electrons. The standard InChI is InChI=1S/C18H19ClN2O2S/c19-16-5-6-17(23-16)24-15-3-1-13(2-4-15)18(22)20-14-9-12-7-8-21(10-12)11-14/h1-6,12,14H,7-11H2,(H,20,22)/t12-,14+/m0/s1. The number of piperidine rings is 1. The molecule has 2 bridgehead atoms. The molecule has 1 unspecified atom stereocenters. The first kappa shape index (κ1) is 16.1. The topological polar surface area (TPSA) is 45.5 Å². The van der Waals surface area contributed by atoms with Crippen LogP contribution in [-0.2, 0) is 0 Å². The van der Waals surface area contributed by atoms with E-state index in [2.05, 4.69) is 10.2 Å². The van der Waals surface area contributed by atoms with E-state index in [0.717, 1.165) is 28.9 Å². The Kier molecular flexibility index (Phi) is 4.57. The van der Waals surface area contributed by atoms with Crippen molar-refractivity contribution in [1.82, 2.24) is 10.2 Å². The molecule has 4 rings (SSSR count). The summed E-state index contributed by atoms with van der Waals surface area (Å²) in [7, 11) is 0. The number of amides is 1. The zero-order valence-corrected chi connectivity index (χ0v) is 14.8. The lowest BCUT2D eigenvalue weighted by atomic mass is 9.96. The lowest BCUT2D eigenvalue weighted by Crippen LogP contribution is -2.47. The van der Waals surface area contributed by atoms with Crippen LogP contribution in [-0.4, -0.2) is 36.5 Å². The van der Waals surface area contributed by atoms with Gasteiger partial charge in [-0.25, -0.2) is 0 Å². The third-order valence-corrected chi connectivity index (χ3v) is 5.82. The fraction of sp³-hybridized carbons (Fsp3) is 0.389. The Labute approximate surface area is 150 Å². The molecular formula is C18H19ClN2O2S. The van der Waals surface area contributed by atoms with Crippen LogP contribution >= 0.6 is 23.4 Å². The molecule has 126 valence electrons. The quantitative estimate of drug-likeness (QED) is 0.895. The second kappa shape index (κ2) is 6.82. The number of halogens is 1. The first-order chi connectivity index (χ1) is 11.7. The van der Waals surface area contributed by atoms with Crippen molar-refractivity contribution >= 4 is 29.3 Å². The van der Waals surface area contributed by atoms with Crippen LogP contribution in [0, 0.1) is 5.92 Å². The SMILES string of the molecule is O=C(N[C@@H]1C[C@@H]2CCN(C2)C1)c1ccc(Sc2ccc(Cl)o2)cc1. The van der Waals surface area contributed by atoms with Gasteiger partial charge < -0.3 is 14.6 Å². The lowest BCUT2D eigenvalue weighted by Gasteiger charge is -2.30. The van der Waals surface area contributed by atoms with Crippen molar-refractivity contribution in [2.24, 2.45) is 5.92 Å². The molecule has 2 aliphatic heterocycles. The van der Waals surface area contributed by atoms with E-state index in [9.17, 15) is 4.79 Å². The highest BCUT2D eigenvalue weighted by Crippen LogP contribution is 2.31. The molecule has 0 saturated carbocycles. The number of carbonyl (C=O) groups is 1. The van der Waals surface area contributed by atoms with Gasteiger partial charge >= 0.3 is 0 Å². The Morgan fingerprint density at radius 3 is 2.75 bits per heavy atom. The van der Waals surface area contributed by atoms with Gasteiger partial charge in [-0.3, -0.25) is 4.79 Å². The van der Waals surface area contributed by atoms with E-state index < -0.39 is 0 Å². The van der Waals surface area contributed by atoms with Crippen molar-refractivity contribution in [2.45, 2.75) is 28.9 Å². The van der Waals surface area contributed by atoms with E-state index in [-0.39, 0.29) is 11.9 Å². The molecule has 0 spiro atoms. The minimum atomic E-state index is 0.0140. The molecule has 4 nitrogen and oxygen atoms in total. The summed E-state index contributed by atoms with van der Waals surface area (Å²) >= 11 is 7.26. The maximum absolute atomic E-state index is 12.4. The van der Waals surface area contributed by atoms with Gasteiger partial charge in [0, 0.05) is 29.6 Å². The van der Waals surface area contributed by atoms with Gasteiger partial charge in [0.1, 0.15) is 0 Å². The van der Waals surface area contributed by atoms with Crippen molar-refractivity contribution in [3.8, 4) is 0 Å². The molecule has 1 N–H and O–H groups in total. The highest BCUT2D eigenvalue weighted by atomic mass is 35.5. The van der Waals surface area contributed by atoms with Crippen molar-refractivity contribution in [1.29, 1.82) is 0 Å². The van der Waals surface area contributed by atoms with Gasteiger partial charge in [-0.1, -0.05) is 11.8 Å². The minimum absolute atomic E-state index is 0.0140. The van der Waals surface area contributed by atoms with Gasteiger partial charge in [-0.05, 0) is 73.3 Å². The molecule has 2 aromatic rings. The molecule has 24 heavy (non-hydrogen) atoms. The summed E-state index contributed by atoms with van der Waals surface area (Å²) in [4.78, 5) is 15.9. The normalized spacial score (nSPS) is 25.6. The van der Waals surface area contributed by atoms with Gasteiger partial charge in [-0.2, -0.15) is 0 Å². The third kappa shape index (κ3) is 3.63. The fourth-order valence-electron chi connectivity index (χ4n) is 3.58. The van der Waals surface area contributed by atoms with Crippen LogP contribution in [0.4, 0.5) is 0 Å². The van der Waals surface area contributed by atoms with Gasteiger partial charge in [0.2, 0.25) is 0 Å². The highest BCUT2D eigenvalue weighted by Gasteiger charge is 2.32. The maximum Gasteiger partial charge on any atom is 0.251 e. The third-order valence-electron chi connectivity index (χ3n) is 4.69. The molecule has 2 saturated heterocycles. The number of hydrogen-bond donors (Lipinski definition) is 1. The maximum atomic E-state index is 12.4. The number of fused-ring (bicyclic) bond motifs is 2. The summed E-state index contributed by atoms with van der Waals surface area (Å²) in [5, 5.41) is 4.31.